The molecule has 0 aromatic carbocycles. The van der Waals surface area contributed by atoms with E-state index in [4.69, 9.17) is 22.6 Å². The van der Waals surface area contributed by atoms with Crippen molar-refractivity contribution >= 4 is 17.4 Å². The van der Waals surface area contributed by atoms with E-state index in [-0.39, 0.29) is 0 Å². The molecule has 2 rings (SSSR count). The fourth-order valence-corrected chi connectivity index (χ4v) is 2.46. The summed E-state index contributed by atoms with van der Waals surface area (Å²) in [5, 5.41) is 9.39. The third-order valence-corrected chi connectivity index (χ3v) is 3.52. The number of nitrogens with zero attached hydrogens (tertiary/aromatic N) is 3. The summed E-state index contributed by atoms with van der Waals surface area (Å²) in [5.74, 6) is 1.20. The lowest BCUT2D eigenvalue weighted by molar-refractivity contribution is 0.422. The van der Waals surface area contributed by atoms with E-state index in [2.05, 4.69) is 16.0 Å². The van der Waals surface area contributed by atoms with E-state index in [1.54, 1.807) is 12.3 Å². The Balaban J connectivity index is 2.25. The van der Waals surface area contributed by atoms with Crippen LogP contribution in [-0.4, -0.2) is 24.6 Å². The molecule has 0 spiro atoms. The molecule has 0 amide bonds. The van der Waals surface area contributed by atoms with Gasteiger partial charge in [0.2, 0.25) is 0 Å². The van der Waals surface area contributed by atoms with Crippen molar-refractivity contribution < 1.29 is 0 Å². The molecule has 2 heterocycles. The van der Waals surface area contributed by atoms with Gasteiger partial charge in [0, 0.05) is 19.3 Å². The molecule has 1 aromatic heterocycles. The third kappa shape index (κ3) is 2.51. The van der Waals surface area contributed by atoms with Crippen LogP contribution in [0.1, 0.15) is 18.4 Å². The van der Waals surface area contributed by atoms with Crippen molar-refractivity contribution in [2.75, 3.05) is 24.5 Å². The Labute approximate surface area is 106 Å². The summed E-state index contributed by atoms with van der Waals surface area (Å²) in [6.45, 7) is 2.49. The number of rotatable bonds is 2. The first-order valence-corrected chi connectivity index (χ1v) is 6.13. The molecule has 17 heavy (non-hydrogen) atoms. The molecular formula is C12H15ClN4. The number of hydrogen-bond donors (Lipinski definition) is 1. The van der Waals surface area contributed by atoms with Crippen LogP contribution in [0, 0.1) is 17.2 Å². The molecule has 5 heteroatoms. The van der Waals surface area contributed by atoms with Gasteiger partial charge in [-0.05, 0) is 31.4 Å². The Morgan fingerprint density at radius 3 is 3.18 bits per heavy atom. The van der Waals surface area contributed by atoms with Crippen LogP contribution in [-0.2, 0) is 0 Å². The lowest BCUT2D eigenvalue weighted by atomic mass is 9.98. The summed E-state index contributed by atoms with van der Waals surface area (Å²) in [7, 11) is 0. The third-order valence-electron chi connectivity index (χ3n) is 3.14. The highest BCUT2D eigenvalue weighted by atomic mass is 35.5. The molecule has 0 saturated carbocycles. The number of nitriles is 1. The van der Waals surface area contributed by atoms with Gasteiger partial charge in [-0.3, -0.25) is 0 Å². The molecule has 1 atom stereocenters. The molecule has 0 aliphatic carbocycles. The van der Waals surface area contributed by atoms with Gasteiger partial charge in [-0.15, -0.1) is 0 Å². The molecule has 1 unspecified atom stereocenters. The van der Waals surface area contributed by atoms with Crippen LogP contribution in [0.2, 0.25) is 5.02 Å². The predicted octanol–water partition coefficient (Wildman–Crippen LogP) is 1.78. The van der Waals surface area contributed by atoms with Crippen molar-refractivity contribution in [2.24, 2.45) is 11.7 Å². The van der Waals surface area contributed by atoms with Crippen LogP contribution in [0.25, 0.3) is 0 Å². The number of nitrogens with two attached hydrogens (primary N) is 1. The number of aromatic nitrogens is 1. The minimum atomic E-state index is 0.452. The van der Waals surface area contributed by atoms with E-state index in [1.807, 2.05) is 0 Å². The molecule has 2 N–H and O–H groups in total. The number of hydrogen-bond acceptors (Lipinski definition) is 4. The first-order chi connectivity index (χ1) is 8.26. The summed E-state index contributed by atoms with van der Waals surface area (Å²) < 4.78 is 0. The Morgan fingerprint density at radius 1 is 1.65 bits per heavy atom. The quantitative estimate of drug-likeness (QED) is 0.869. The minimum absolute atomic E-state index is 0.452. The summed E-state index contributed by atoms with van der Waals surface area (Å²) in [6, 6.07) is 3.71. The van der Waals surface area contributed by atoms with E-state index in [9.17, 15) is 0 Å². The van der Waals surface area contributed by atoms with Gasteiger partial charge in [0.25, 0.3) is 0 Å². The maximum Gasteiger partial charge on any atom is 0.148 e. The normalized spacial score (nSPS) is 20.1. The van der Waals surface area contributed by atoms with Crippen molar-refractivity contribution in [1.82, 2.24) is 4.98 Å². The summed E-state index contributed by atoms with van der Waals surface area (Å²) in [4.78, 5) is 6.41. The van der Waals surface area contributed by atoms with Gasteiger partial charge >= 0.3 is 0 Å². The van der Waals surface area contributed by atoms with E-state index < -0.39 is 0 Å². The standard InChI is InChI=1S/C12H15ClN4/c13-11-10(7-15)3-4-16-12(11)17-5-1-2-9(6-14)8-17/h3-4,9H,1-2,5-6,8,14H2. The Kier molecular flexibility index (Phi) is 3.82. The zero-order valence-corrected chi connectivity index (χ0v) is 10.3. The molecule has 1 aliphatic heterocycles. The molecule has 90 valence electrons. The number of piperidine rings is 1. The largest absolute Gasteiger partial charge is 0.355 e. The molecule has 4 nitrogen and oxygen atoms in total. The molecule has 0 bridgehead atoms. The van der Waals surface area contributed by atoms with Crippen LogP contribution >= 0.6 is 11.6 Å². The van der Waals surface area contributed by atoms with Gasteiger partial charge in [-0.2, -0.15) is 5.26 Å². The fraction of sp³-hybridized carbons (Fsp3) is 0.500. The topological polar surface area (TPSA) is 65.9 Å². The van der Waals surface area contributed by atoms with Crippen LogP contribution in [0.4, 0.5) is 5.82 Å². The highest BCUT2D eigenvalue weighted by molar-refractivity contribution is 6.34. The molecular weight excluding hydrogens is 236 g/mol. The summed E-state index contributed by atoms with van der Waals surface area (Å²) in [5.41, 5.74) is 6.18. The van der Waals surface area contributed by atoms with Crippen molar-refractivity contribution in [3.8, 4) is 6.07 Å². The molecule has 1 fully saturated rings. The average molecular weight is 251 g/mol. The first kappa shape index (κ1) is 12.2. The fourth-order valence-electron chi connectivity index (χ4n) is 2.19. The molecule has 1 aromatic rings. The zero-order chi connectivity index (χ0) is 12.3. The van der Waals surface area contributed by atoms with E-state index in [0.29, 0.717) is 28.9 Å². The average Bonchev–Trinajstić information content (AvgIpc) is 2.39. The van der Waals surface area contributed by atoms with E-state index >= 15 is 0 Å². The van der Waals surface area contributed by atoms with Gasteiger partial charge in [0.05, 0.1) is 5.56 Å². The van der Waals surface area contributed by atoms with Crippen LogP contribution in [0.3, 0.4) is 0 Å². The maximum absolute atomic E-state index is 8.94. The van der Waals surface area contributed by atoms with Crippen molar-refractivity contribution in [3.05, 3.63) is 22.8 Å². The van der Waals surface area contributed by atoms with Gasteiger partial charge in [-0.25, -0.2) is 4.98 Å². The summed E-state index contributed by atoms with van der Waals surface area (Å²) >= 11 is 6.18. The van der Waals surface area contributed by atoms with Gasteiger partial charge in [0.1, 0.15) is 16.9 Å². The van der Waals surface area contributed by atoms with Gasteiger partial charge in [-0.1, -0.05) is 11.6 Å². The second-order valence-corrected chi connectivity index (χ2v) is 4.68. The Morgan fingerprint density at radius 2 is 2.47 bits per heavy atom. The molecule has 0 radical (unpaired) electrons. The van der Waals surface area contributed by atoms with E-state index in [1.165, 1.54) is 0 Å². The zero-order valence-electron chi connectivity index (χ0n) is 9.56. The highest BCUT2D eigenvalue weighted by Gasteiger charge is 2.22. The number of anilines is 1. The molecule has 1 saturated heterocycles. The number of pyridine rings is 1. The summed E-state index contributed by atoms with van der Waals surface area (Å²) in [6.07, 6.45) is 3.88. The van der Waals surface area contributed by atoms with Crippen LogP contribution in [0.5, 0.6) is 0 Å². The monoisotopic (exact) mass is 250 g/mol. The first-order valence-electron chi connectivity index (χ1n) is 5.76. The van der Waals surface area contributed by atoms with Crippen molar-refractivity contribution in [2.45, 2.75) is 12.8 Å². The second kappa shape index (κ2) is 5.35. The van der Waals surface area contributed by atoms with Gasteiger partial charge < -0.3 is 10.6 Å². The lowest BCUT2D eigenvalue weighted by Gasteiger charge is -2.33. The highest BCUT2D eigenvalue weighted by Crippen LogP contribution is 2.29. The van der Waals surface area contributed by atoms with Crippen LogP contribution < -0.4 is 10.6 Å². The maximum atomic E-state index is 8.94. The second-order valence-electron chi connectivity index (χ2n) is 4.30. The minimum Gasteiger partial charge on any atom is -0.355 e. The van der Waals surface area contributed by atoms with Crippen molar-refractivity contribution in [3.63, 3.8) is 0 Å². The smallest absolute Gasteiger partial charge is 0.148 e. The van der Waals surface area contributed by atoms with Crippen LogP contribution in [0.15, 0.2) is 12.3 Å². The molecule has 1 aliphatic rings. The SMILES string of the molecule is N#Cc1ccnc(N2CCCC(CN)C2)c1Cl. The Hall–Kier alpha value is -1.31. The van der Waals surface area contributed by atoms with E-state index in [0.717, 1.165) is 25.9 Å². The lowest BCUT2D eigenvalue weighted by Crippen LogP contribution is -2.39. The van der Waals surface area contributed by atoms with Gasteiger partial charge in [0.15, 0.2) is 0 Å². The predicted molar refractivity (Wildman–Crippen MR) is 68.0 cm³/mol. The number of halogens is 1. The van der Waals surface area contributed by atoms with Crippen molar-refractivity contribution in [1.29, 1.82) is 5.26 Å². The Bertz CT molecular complexity index is 441.